The van der Waals surface area contributed by atoms with Gasteiger partial charge in [0.05, 0.1) is 11.0 Å². The number of nitrogens with zero attached hydrogens (tertiary/aromatic N) is 4. The maximum absolute atomic E-state index is 5.39. The minimum Gasteiger partial charge on any atom is -0.277 e. The molecule has 3 aromatic heterocycles. The van der Waals surface area contributed by atoms with Gasteiger partial charge in [0, 0.05) is 53.2 Å². The molecule has 0 atom stereocenters. The summed E-state index contributed by atoms with van der Waals surface area (Å²) in [5, 5.41) is 7.26. The summed E-state index contributed by atoms with van der Waals surface area (Å²) in [5.41, 5.74) is 10.9. The Kier molecular flexibility index (Phi) is 9.44. The molecule has 0 bridgehead atoms. The van der Waals surface area contributed by atoms with Crippen molar-refractivity contribution in [2.45, 2.75) is 13.8 Å². The van der Waals surface area contributed by atoms with Crippen molar-refractivity contribution in [3.63, 3.8) is 0 Å². The fourth-order valence-corrected chi connectivity index (χ4v) is 10.1. The first-order valence-electron chi connectivity index (χ1n) is 21.2. The summed E-state index contributed by atoms with van der Waals surface area (Å²) in [6, 6.07) is 73.2. The van der Waals surface area contributed by atoms with E-state index in [0.29, 0.717) is 17.6 Å². The second kappa shape index (κ2) is 15.7. The van der Waals surface area contributed by atoms with E-state index in [1.807, 2.05) is 37.3 Å². The van der Waals surface area contributed by atoms with Crippen LogP contribution in [0, 0.1) is 0 Å². The highest BCUT2D eigenvalue weighted by atomic mass is 32.1. The average molecular weight is 813 g/mol. The van der Waals surface area contributed by atoms with Crippen LogP contribution in [-0.4, -0.2) is 19.5 Å². The van der Waals surface area contributed by atoms with Gasteiger partial charge in [-0.1, -0.05) is 208 Å². The van der Waals surface area contributed by atoms with Crippen LogP contribution >= 0.6 is 11.3 Å². The zero-order chi connectivity index (χ0) is 41.6. The minimum atomic E-state index is 0.570. The highest BCUT2D eigenvalue weighted by Crippen LogP contribution is 2.45. The molecule has 62 heavy (non-hydrogen) atoms. The third kappa shape index (κ3) is 6.34. The molecule has 0 spiro atoms. The summed E-state index contributed by atoms with van der Waals surface area (Å²) in [4.78, 5) is 16.0. The van der Waals surface area contributed by atoms with Crippen molar-refractivity contribution >= 4 is 64.1 Å². The van der Waals surface area contributed by atoms with Gasteiger partial charge < -0.3 is 0 Å². The van der Waals surface area contributed by atoms with Gasteiger partial charge in [0.15, 0.2) is 11.6 Å². The number of hydrogen-bond acceptors (Lipinski definition) is 4. The second-order valence-corrected chi connectivity index (χ2v) is 16.2. The minimum absolute atomic E-state index is 0.570. The third-order valence-electron chi connectivity index (χ3n) is 11.7. The first kappa shape index (κ1) is 37.3. The van der Waals surface area contributed by atoms with E-state index >= 15 is 0 Å². The predicted octanol–water partition coefficient (Wildman–Crippen LogP) is 15.9. The Balaban J connectivity index is 0.00000213. The topological polar surface area (TPSA) is 43.6 Å². The van der Waals surface area contributed by atoms with E-state index in [-0.39, 0.29) is 0 Å². The van der Waals surface area contributed by atoms with E-state index in [1.54, 1.807) is 0 Å². The normalized spacial score (nSPS) is 11.4. The quantitative estimate of drug-likeness (QED) is 0.168. The molecule has 0 fully saturated rings. The highest BCUT2D eigenvalue weighted by Gasteiger charge is 2.23. The number of rotatable bonds is 6. The predicted molar refractivity (Wildman–Crippen MR) is 263 cm³/mol. The molecule has 12 rings (SSSR count). The molecule has 3 heterocycles. The van der Waals surface area contributed by atoms with Gasteiger partial charge in [0.2, 0.25) is 5.95 Å². The fraction of sp³-hybridized carbons (Fsp3) is 0.0351. The van der Waals surface area contributed by atoms with E-state index < -0.39 is 0 Å². The number of hydrogen-bond donors (Lipinski definition) is 0. The molecular weight excluding hydrogens is 773 g/mol. The first-order valence-corrected chi connectivity index (χ1v) is 22.0. The second-order valence-electron chi connectivity index (χ2n) is 15.2. The Labute approximate surface area is 364 Å². The molecule has 0 N–H and O–H groups in total. The van der Waals surface area contributed by atoms with Gasteiger partial charge >= 0.3 is 0 Å². The zero-order valence-corrected chi connectivity index (χ0v) is 35.1. The molecule has 0 aliphatic heterocycles. The molecule has 0 saturated heterocycles. The fourth-order valence-electron chi connectivity index (χ4n) is 8.83. The lowest BCUT2D eigenvalue weighted by atomic mass is 9.98. The van der Waals surface area contributed by atoms with Crippen molar-refractivity contribution < 1.29 is 0 Å². The molecule has 0 saturated carbocycles. The summed E-state index contributed by atoms with van der Waals surface area (Å²) in [6.45, 7) is 4.00. The maximum Gasteiger partial charge on any atom is 0.238 e. The van der Waals surface area contributed by atoms with Crippen LogP contribution in [0.2, 0.25) is 0 Å². The summed E-state index contributed by atoms with van der Waals surface area (Å²) < 4.78 is 4.83. The Morgan fingerprint density at radius 1 is 0.371 bits per heavy atom. The average Bonchev–Trinajstić information content (AvgIpc) is 3.92. The van der Waals surface area contributed by atoms with Crippen LogP contribution in [0.4, 0.5) is 0 Å². The van der Waals surface area contributed by atoms with Gasteiger partial charge in [-0.05, 0) is 45.2 Å². The van der Waals surface area contributed by atoms with Gasteiger partial charge in [-0.2, -0.15) is 9.97 Å². The van der Waals surface area contributed by atoms with Crippen molar-refractivity contribution in [1.29, 1.82) is 0 Å². The van der Waals surface area contributed by atoms with Crippen LogP contribution < -0.4 is 0 Å². The van der Waals surface area contributed by atoms with Crippen LogP contribution in [0.25, 0.3) is 115 Å². The van der Waals surface area contributed by atoms with Crippen LogP contribution in [0.15, 0.2) is 206 Å². The molecule has 0 radical (unpaired) electrons. The Hall–Kier alpha value is -7.73. The van der Waals surface area contributed by atoms with Gasteiger partial charge in [0.25, 0.3) is 0 Å². The van der Waals surface area contributed by atoms with E-state index in [2.05, 4.69) is 199 Å². The number of aromatic nitrogens is 4. The van der Waals surface area contributed by atoms with Crippen molar-refractivity contribution in [2.24, 2.45) is 0 Å². The molecule has 12 aromatic rings. The van der Waals surface area contributed by atoms with Crippen molar-refractivity contribution in [1.82, 2.24) is 19.5 Å². The van der Waals surface area contributed by atoms with Crippen molar-refractivity contribution in [3.8, 4) is 62.1 Å². The van der Waals surface area contributed by atoms with E-state index in [1.165, 1.54) is 53.0 Å². The maximum atomic E-state index is 5.39. The molecule has 5 heteroatoms. The molecular formula is C57H40N4S. The lowest BCUT2D eigenvalue weighted by molar-refractivity contribution is 0.954. The third-order valence-corrected chi connectivity index (χ3v) is 12.9. The van der Waals surface area contributed by atoms with Gasteiger partial charge in [0.1, 0.15) is 0 Å². The summed E-state index contributed by atoms with van der Waals surface area (Å²) in [7, 11) is 0. The van der Waals surface area contributed by atoms with Crippen molar-refractivity contribution in [2.75, 3.05) is 0 Å². The van der Waals surface area contributed by atoms with Crippen LogP contribution in [-0.2, 0) is 0 Å². The Morgan fingerprint density at radius 3 is 1.52 bits per heavy atom. The van der Waals surface area contributed by atoms with Crippen LogP contribution in [0.5, 0.6) is 0 Å². The largest absolute Gasteiger partial charge is 0.277 e. The lowest BCUT2D eigenvalue weighted by Crippen LogP contribution is -2.07. The first-order chi connectivity index (χ1) is 30.7. The van der Waals surface area contributed by atoms with Crippen molar-refractivity contribution in [3.05, 3.63) is 206 Å². The van der Waals surface area contributed by atoms with Crippen LogP contribution in [0.3, 0.4) is 0 Å². The molecule has 294 valence electrons. The van der Waals surface area contributed by atoms with Gasteiger partial charge in [-0.15, -0.1) is 11.3 Å². The van der Waals surface area contributed by atoms with E-state index in [0.717, 1.165) is 44.2 Å². The number of fused-ring (bicyclic) bond motifs is 8. The highest BCUT2D eigenvalue weighted by molar-refractivity contribution is 7.26. The molecule has 4 nitrogen and oxygen atoms in total. The lowest BCUT2D eigenvalue weighted by Gasteiger charge is -2.14. The van der Waals surface area contributed by atoms with Gasteiger partial charge in [-0.3, -0.25) is 4.57 Å². The Bertz CT molecular complexity index is 3470. The monoisotopic (exact) mass is 812 g/mol. The molecule has 0 amide bonds. The molecule has 0 unspecified atom stereocenters. The number of para-hydroxylation sites is 1. The van der Waals surface area contributed by atoms with E-state index in [9.17, 15) is 0 Å². The molecule has 0 aliphatic rings. The molecule has 0 aliphatic carbocycles. The Morgan fingerprint density at radius 2 is 0.871 bits per heavy atom. The molecule has 9 aromatic carbocycles. The van der Waals surface area contributed by atoms with Crippen LogP contribution in [0.1, 0.15) is 13.8 Å². The number of benzene rings is 9. The summed E-state index contributed by atoms with van der Waals surface area (Å²) in [6.07, 6.45) is 0. The SMILES string of the molecule is CC.c1ccc(-c2ccc(-c3nc(-c4ccc(-c5ccccc5)cc4)nc(-n4c5ccc6ccccc6c5c5cccc(-c6cccc7c6sc6ccccc67)c54)n3)cc2)cc1. The number of thiophene rings is 1. The standard InChI is InChI=1S/C55H34N4S.C2H6/c1-3-13-35(14-4-1)37-25-29-40(30-26-37)53-56-54(41-31-27-38(28-32-41)36-15-5-2-6-16-36)58-55(57-53)59-48-34-33-39-17-7-8-18-42(39)50(48)47-23-11-20-44(51(47)59)46-22-12-21-45-43-19-9-10-24-49(43)60-52(45)46;1-2/h1-34H;1-2H3. The van der Waals surface area contributed by atoms with Gasteiger partial charge in [-0.25, -0.2) is 4.98 Å². The summed E-state index contributed by atoms with van der Waals surface area (Å²) >= 11 is 1.85. The summed E-state index contributed by atoms with van der Waals surface area (Å²) in [5.74, 6) is 1.80. The smallest absolute Gasteiger partial charge is 0.238 e. The van der Waals surface area contributed by atoms with E-state index in [4.69, 9.17) is 15.0 Å². The zero-order valence-electron chi connectivity index (χ0n) is 34.3.